The van der Waals surface area contributed by atoms with Gasteiger partial charge in [0.05, 0.1) is 5.41 Å². The van der Waals surface area contributed by atoms with Crippen LogP contribution in [0.25, 0.3) is 0 Å². The smallest absolute Gasteiger partial charge is 0.226 e. The van der Waals surface area contributed by atoms with Gasteiger partial charge in [0.1, 0.15) is 0 Å². The highest BCUT2D eigenvalue weighted by molar-refractivity contribution is 6.31. The van der Waals surface area contributed by atoms with Gasteiger partial charge in [0, 0.05) is 24.7 Å². The van der Waals surface area contributed by atoms with Crippen molar-refractivity contribution in [2.75, 3.05) is 13.6 Å². The Bertz CT molecular complexity index is 418. The lowest BCUT2D eigenvalue weighted by molar-refractivity contribution is -0.128. The lowest BCUT2D eigenvalue weighted by Crippen LogP contribution is -2.42. The Hall–Kier alpha value is -1.06. The number of amides is 1. The minimum absolute atomic E-state index is 0.0290. The van der Waals surface area contributed by atoms with E-state index in [1.54, 1.807) is 7.05 Å². The topological polar surface area (TPSA) is 41.1 Å². The molecule has 0 saturated heterocycles. The maximum Gasteiger partial charge on any atom is 0.226 e. The van der Waals surface area contributed by atoms with E-state index in [4.69, 9.17) is 11.6 Å². The van der Waals surface area contributed by atoms with Crippen molar-refractivity contribution in [3.05, 3.63) is 34.9 Å². The van der Waals surface area contributed by atoms with E-state index < -0.39 is 5.41 Å². The average molecular weight is 269 g/mol. The predicted octanol–water partition coefficient (Wildman–Crippen LogP) is 2.76. The summed E-state index contributed by atoms with van der Waals surface area (Å²) in [6.07, 6.45) is 0. The number of halogens is 1. The van der Waals surface area contributed by atoms with E-state index in [2.05, 4.69) is 10.6 Å². The van der Waals surface area contributed by atoms with E-state index >= 15 is 0 Å². The lowest BCUT2D eigenvalue weighted by Gasteiger charge is -2.26. The highest BCUT2D eigenvalue weighted by Crippen LogP contribution is 2.23. The molecule has 0 saturated carbocycles. The van der Waals surface area contributed by atoms with Crippen molar-refractivity contribution >= 4 is 17.5 Å². The highest BCUT2D eigenvalue weighted by atomic mass is 35.5. The van der Waals surface area contributed by atoms with Crippen molar-refractivity contribution in [3.8, 4) is 0 Å². The quantitative estimate of drug-likeness (QED) is 0.862. The molecule has 100 valence electrons. The maximum atomic E-state index is 11.7. The molecule has 0 aliphatic heterocycles. The van der Waals surface area contributed by atoms with Crippen LogP contribution in [0.3, 0.4) is 0 Å². The number of benzene rings is 1. The third-order valence-electron chi connectivity index (χ3n) is 3.06. The van der Waals surface area contributed by atoms with Crippen molar-refractivity contribution < 1.29 is 4.79 Å². The molecule has 2 N–H and O–H groups in total. The molecule has 4 heteroatoms. The summed E-state index contributed by atoms with van der Waals surface area (Å²) in [5, 5.41) is 6.77. The monoisotopic (exact) mass is 268 g/mol. The standard InChI is InChI=1S/C14H21ClN2O/c1-10(11-7-5-6-8-12(11)15)17-9-14(2,3)13(18)16-4/h5-8,10,17H,9H2,1-4H3,(H,16,18). The molecule has 0 fully saturated rings. The molecular weight excluding hydrogens is 248 g/mol. The molecule has 3 nitrogen and oxygen atoms in total. The second-order valence-corrected chi connectivity index (χ2v) is 5.49. The van der Waals surface area contributed by atoms with E-state index in [1.165, 1.54) is 0 Å². The Morgan fingerprint density at radius 2 is 2.00 bits per heavy atom. The van der Waals surface area contributed by atoms with Gasteiger partial charge < -0.3 is 10.6 Å². The molecule has 0 radical (unpaired) electrons. The Morgan fingerprint density at radius 3 is 2.56 bits per heavy atom. The molecule has 18 heavy (non-hydrogen) atoms. The van der Waals surface area contributed by atoms with Crippen LogP contribution < -0.4 is 10.6 Å². The number of hydrogen-bond acceptors (Lipinski definition) is 2. The maximum absolute atomic E-state index is 11.7. The van der Waals surface area contributed by atoms with Crippen LogP contribution >= 0.6 is 11.6 Å². The SMILES string of the molecule is CNC(=O)C(C)(C)CNC(C)c1ccccc1Cl. The second-order valence-electron chi connectivity index (χ2n) is 5.09. The fourth-order valence-corrected chi connectivity index (χ4v) is 2.06. The average Bonchev–Trinajstić information content (AvgIpc) is 2.35. The minimum atomic E-state index is -0.440. The zero-order valence-electron chi connectivity index (χ0n) is 11.4. The van der Waals surface area contributed by atoms with Crippen molar-refractivity contribution in [1.82, 2.24) is 10.6 Å². The first-order valence-electron chi connectivity index (χ1n) is 6.08. The highest BCUT2D eigenvalue weighted by Gasteiger charge is 2.27. The summed E-state index contributed by atoms with van der Waals surface area (Å²) < 4.78 is 0. The third-order valence-corrected chi connectivity index (χ3v) is 3.41. The van der Waals surface area contributed by atoms with Crippen molar-refractivity contribution in [2.45, 2.75) is 26.8 Å². The molecule has 0 aliphatic rings. The van der Waals surface area contributed by atoms with Crippen LogP contribution in [0, 0.1) is 5.41 Å². The summed E-state index contributed by atoms with van der Waals surface area (Å²) in [6.45, 7) is 6.47. The molecular formula is C14H21ClN2O. The molecule has 1 unspecified atom stereocenters. The number of hydrogen-bond donors (Lipinski definition) is 2. The van der Waals surface area contributed by atoms with Crippen LogP contribution in [-0.4, -0.2) is 19.5 Å². The van der Waals surface area contributed by atoms with Gasteiger partial charge in [0.2, 0.25) is 5.91 Å². The van der Waals surface area contributed by atoms with Gasteiger partial charge in [0.15, 0.2) is 0 Å². The van der Waals surface area contributed by atoms with E-state index in [1.807, 2.05) is 45.0 Å². The summed E-state index contributed by atoms with van der Waals surface area (Å²) in [5.74, 6) is 0.0290. The first kappa shape index (κ1) is 15.0. The van der Waals surface area contributed by atoms with E-state index in [0.29, 0.717) is 6.54 Å². The molecule has 1 amide bonds. The Labute approximate surface area is 114 Å². The van der Waals surface area contributed by atoms with Gasteiger partial charge in [-0.25, -0.2) is 0 Å². The van der Waals surface area contributed by atoms with Crippen LogP contribution in [0.2, 0.25) is 5.02 Å². The van der Waals surface area contributed by atoms with Crippen LogP contribution in [-0.2, 0) is 4.79 Å². The Morgan fingerprint density at radius 1 is 1.39 bits per heavy atom. The van der Waals surface area contributed by atoms with Crippen molar-refractivity contribution in [3.63, 3.8) is 0 Å². The summed E-state index contributed by atoms with van der Waals surface area (Å²) in [6, 6.07) is 7.85. The third kappa shape index (κ3) is 3.72. The molecule has 1 aromatic carbocycles. The Kier molecular flexibility index (Phi) is 5.17. The van der Waals surface area contributed by atoms with Gasteiger partial charge in [0.25, 0.3) is 0 Å². The number of carbonyl (C=O) groups is 1. The number of carbonyl (C=O) groups excluding carboxylic acids is 1. The molecule has 0 aromatic heterocycles. The van der Waals surface area contributed by atoms with Crippen molar-refractivity contribution in [2.24, 2.45) is 5.41 Å². The summed E-state index contributed by atoms with van der Waals surface area (Å²) in [7, 11) is 1.65. The number of rotatable bonds is 5. The molecule has 0 aliphatic carbocycles. The summed E-state index contributed by atoms with van der Waals surface area (Å²) in [4.78, 5) is 11.7. The summed E-state index contributed by atoms with van der Waals surface area (Å²) >= 11 is 6.14. The second kappa shape index (κ2) is 6.21. The normalized spacial score (nSPS) is 13.2. The lowest BCUT2D eigenvalue weighted by atomic mass is 9.91. The van der Waals surface area contributed by atoms with Crippen LogP contribution in [0.1, 0.15) is 32.4 Å². The zero-order valence-corrected chi connectivity index (χ0v) is 12.1. The minimum Gasteiger partial charge on any atom is -0.359 e. The first-order chi connectivity index (χ1) is 8.38. The first-order valence-corrected chi connectivity index (χ1v) is 6.46. The van der Waals surface area contributed by atoms with Gasteiger partial charge in [-0.3, -0.25) is 4.79 Å². The fraction of sp³-hybridized carbons (Fsp3) is 0.500. The van der Waals surface area contributed by atoms with Gasteiger partial charge >= 0.3 is 0 Å². The van der Waals surface area contributed by atoms with Crippen LogP contribution in [0.4, 0.5) is 0 Å². The van der Waals surface area contributed by atoms with Gasteiger partial charge in [-0.1, -0.05) is 29.8 Å². The Balaban J connectivity index is 2.64. The van der Waals surface area contributed by atoms with E-state index in [9.17, 15) is 4.79 Å². The van der Waals surface area contributed by atoms with Crippen molar-refractivity contribution in [1.29, 1.82) is 0 Å². The van der Waals surface area contributed by atoms with Crippen LogP contribution in [0.5, 0.6) is 0 Å². The predicted molar refractivity (Wildman–Crippen MR) is 75.7 cm³/mol. The van der Waals surface area contributed by atoms with E-state index in [0.717, 1.165) is 10.6 Å². The van der Waals surface area contributed by atoms with Gasteiger partial charge in [-0.15, -0.1) is 0 Å². The van der Waals surface area contributed by atoms with Crippen LogP contribution in [0.15, 0.2) is 24.3 Å². The molecule has 1 rings (SSSR count). The number of nitrogens with one attached hydrogen (secondary N) is 2. The zero-order chi connectivity index (χ0) is 13.8. The largest absolute Gasteiger partial charge is 0.359 e. The molecule has 0 heterocycles. The van der Waals surface area contributed by atoms with E-state index in [-0.39, 0.29) is 11.9 Å². The summed E-state index contributed by atoms with van der Waals surface area (Å²) in [5.41, 5.74) is 0.608. The fourth-order valence-electron chi connectivity index (χ4n) is 1.76. The van der Waals surface area contributed by atoms with Gasteiger partial charge in [-0.2, -0.15) is 0 Å². The molecule has 1 aromatic rings. The molecule has 0 bridgehead atoms. The molecule has 0 spiro atoms. The molecule has 1 atom stereocenters. The van der Waals surface area contributed by atoms with Gasteiger partial charge in [-0.05, 0) is 32.4 Å².